The van der Waals surface area contributed by atoms with Gasteiger partial charge in [-0.15, -0.1) is 0 Å². The van der Waals surface area contributed by atoms with Crippen molar-refractivity contribution in [2.45, 2.75) is 24.5 Å². The zero-order valence-electron chi connectivity index (χ0n) is 10.5. The number of amides is 1. The molecule has 0 aromatic heterocycles. The number of nitrogens with two attached hydrogens (primary N) is 1. The molecular formula is C11H22N2O4. The molecule has 0 aromatic rings. The van der Waals surface area contributed by atoms with Gasteiger partial charge in [-0.25, -0.2) is 0 Å². The van der Waals surface area contributed by atoms with E-state index in [1.54, 1.807) is 14.2 Å². The van der Waals surface area contributed by atoms with Gasteiger partial charge in [-0.2, -0.15) is 0 Å². The van der Waals surface area contributed by atoms with Gasteiger partial charge in [0.25, 0.3) is 0 Å². The van der Waals surface area contributed by atoms with Crippen molar-refractivity contribution >= 4 is 5.91 Å². The van der Waals surface area contributed by atoms with Crippen LogP contribution < -0.4 is 11.1 Å². The Morgan fingerprint density at radius 2 is 2.35 bits per heavy atom. The number of carbonyl (C=O) groups is 1. The highest BCUT2D eigenvalue weighted by Gasteiger charge is 2.35. The summed E-state index contributed by atoms with van der Waals surface area (Å²) in [6.07, 6.45) is 1.30. The maximum Gasteiger partial charge on any atom is 0.237 e. The predicted octanol–water partition coefficient (Wildman–Crippen LogP) is -0.728. The van der Waals surface area contributed by atoms with Crippen molar-refractivity contribution in [2.75, 3.05) is 40.6 Å². The first-order chi connectivity index (χ1) is 8.13. The van der Waals surface area contributed by atoms with Crippen molar-refractivity contribution in [3.63, 3.8) is 0 Å². The van der Waals surface area contributed by atoms with Crippen LogP contribution in [0.2, 0.25) is 0 Å². The molecule has 2 unspecified atom stereocenters. The molecule has 3 N–H and O–H groups in total. The Balaban J connectivity index is 2.31. The van der Waals surface area contributed by atoms with E-state index in [4.69, 9.17) is 19.9 Å². The zero-order valence-corrected chi connectivity index (χ0v) is 10.5. The third-order valence-corrected chi connectivity index (χ3v) is 3.05. The number of rotatable bonds is 7. The van der Waals surface area contributed by atoms with Gasteiger partial charge in [0.15, 0.2) is 0 Å². The van der Waals surface area contributed by atoms with Crippen molar-refractivity contribution in [1.82, 2.24) is 5.32 Å². The summed E-state index contributed by atoms with van der Waals surface area (Å²) in [5.41, 5.74) is 5.32. The standard InChI is InChI=1S/C11H22N2O4/c1-15-5-3-9(12)10(14)13-7-11(16-2)4-6-17-8-11/h9H,3-8,12H2,1-2H3,(H,13,14). The quantitative estimate of drug-likeness (QED) is 0.619. The number of ether oxygens (including phenoxy) is 3. The number of hydrogen-bond donors (Lipinski definition) is 2. The second-order valence-corrected chi connectivity index (χ2v) is 4.30. The highest BCUT2D eigenvalue weighted by molar-refractivity contribution is 5.81. The molecule has 100 valence electrons. The Bertz CT molecular complexity index is 242. The summed E-state index contributed by atoms with van der Waals surface area (Å²) in [6.45, 7) is 2.09. The molecule has 1 amide bonds. The highest BCUT2D eigenvalue weighted by atomic mass is 16.5. The SMILES string of the molecule is COCCC(N)C(=O)NCC1(OC)CCOC1. The first kappa shape index (κ1) is 14.4. The molecule has 17 heavy (non-hydrogen) atoms. The van der Waals surface area contributed by atoms with E-state index in [-0.39, 0.29) is 5.91 Å². The van der Waals surface area contributed by atoms with Crippen molar-refractivity contribution in [2.24, 2.45) is 5.73 Å². The smallest absolute Gasteiger partial charge is 0.237 e. The van der Waals surface area contributed by atoms with Gasteiger partial charge in [-0.1, -0.05) is 0 Å². The number of methoxy groups -OCH3 is 2. The van der Waals surface area contributed by atoms with Crippen molar-refractivity contribution < 1.29 is 19.0 Å². The summed E-state index contributed by atoms with van der Waals surface area (Å²) in [5.74, 6) is -0.176. The molecule has 0 radical (unpaired) electrons. The van der Waals surface area contributed by atoms with E-state index in [2.05, 4.69) is 5.32 Å². The molecule has 0 aliphatic carbocycles. The lowest BCUT2D eigenvalue weighted by atomic mass is 10.0. The van der Waals surface area contributed by atoms with Crippen LogP contribution in [0.1, 0.15) is 12.8 Å². The van der Waals surface area contributed by atoms with Crippen LogP contribution in [-0.2, 0) is 19.0 Å². The van der Waals surface area contributed by atoms with Gasteiger partial charge >= 0.3 is 0 Å². The average Bonchev–Trinajstić information content (AvgIpc) is 2.82. The molecule has 1 rings (SSSR count). The lowest BCUT2D eigenvalue weighted by Crippen LogP contribution is -2.49. The predicted molar refractivity (Wildman–Crippen MR) is 62.7 cm³/mol. The molecule has 1 saturated heterocycles. The van der Waals surface area contributed by atoms with E-state index in [0.717, 1.165) is 6.42 Å². The summed E-state index contributed by atoms with van der Waals surface area (Å²) in [4.78, 5) is 11.7. The summed E-state index contributed by atoms with van der Waals surface area (Å²) in [6, 6.07) is -0.536. The molecule has 1 heterocycles. The Kier molecular flexibility index (Phi) is 5.84. The molecule has 6 heteroatoms. The van der Waals surface area contributed by atoms with Crippen LogP contribution in [0.4, 0.5) is 0 Å². The van der Waals surface area contributed by atoms with Gasteiger partial charge in [0.05, 0.1) is 12.6 Å². The second-order valence-electron chi connectivity index (χ2n) is 4.30. The first-order valence-electron chi connectivity index (χ1n) is 5.79. The van der Waals surface area contributed by atoms with E-state index in [1.807, 2.05) is 0 Å². The van der Waals surface area contributed by atoms with Crippen LogP contribution in [0.15, 0.2) is 0 Å². The minimum atomic E-state index is -0.536. The first-order valence-corrected chi connectivity index (χ1v) is 5.79. The van der Waals surface area contributed by atoms with Crippen LogP contribution in [0.5, 0.6) is 0 Å². The summed E-state index contributed by atoms with van der Waals surface area (Å²) in [7, 11) is 3.21. The Morgan fingerprint density at radius 1 is 1.59 bits per heavy atom. The topological polar surface area (TPSA) is 82.8 Å². The van der Waals surface area contributed by atoms with Crippen LogP contribution >= 0.6 is 0 Å². The van der Waals surface area contributed by atoms with Gasteiger partial charge in [-0.05, 0) is 6.42 Å². The van der Waals surface area contributed by atoms with Crippen molar-refractivity contribution in [3.05, 3.63) is 0 Å². The highest BCUT2D eigenvalue weighted by Crippen LogP contribution is 2.21. The molecule has 1 fully saturated rings. The molecule has 0 bridgehead atoms. The average molecular weight is 246 g/mol. The van der Waals surface area contributed by atoms with Crippen molar-refractivity contribution in [3.8, 4) is 0 Å². The summed E-state index contributed by atoms with van der Waals surface area (Å²) >= 11 is 0. The third-order valence-electron chi connectivity index (χ3n) is 3.05. The van der Waals surface area contributed by atoms with Crippen LogP contribution in [0, 0.1) is 0 Å². The number of hydrogen-bond acceptors (Lipinski definition) is 5. The summed E-state index contributed by atoms with van der Waals surface area (Å²) < 4.78 is 15.6. The lowest BCUT2D eigenvalue weighted by Gasteiger charge is -2.26. The molecule has 0 spiro atoms. The minimum Gasteiger partial charge on any atom is -0.385 e. The number of nitrogens with one attached hydrogen (secondary N) is 1. The van der Waals surface area contributed by atoms with E-state index in [1.165, 1.54) is 0 Å². The lowest BCUT2D eigenvalue weighted by molar-refractivity contribution is -0.124. The maximum absolute atomic E-state index is 11.7. The van der Waals surface area contributed by atoms with Gasteiger partial charge in [0.2, 0.25) is 5.91 Å². The normalized spacial score (nSPS) is 25.8. The van der Waals surface area contributed by atoms with Gasteiger partial charge in [0.1, 0.15) is 5.60 Å². The molecular weight excluding hydrogens is 224 g/mol. The van der Waals surface area contributed by atoms with Gasteiger partial charge < -0.3 is 25.3 Å². The van der Waals surface area contributed by atoms with Crippen LogP contribution in [-0.4, -0.2) is 58.1 Å². The zero-order chi connectivity index (χ0) is 12.7. The van der Waals surface area contributed by atoms with Gasteiger partial charge in [-0.3, -0.25) is 4.79 Å². The Hall–Kier alpha value is -0.690. The molecule has 6 nitrogen and oxygen atoms in total. The molecule has 2 atom stereocenters. The van der Waals surface area contributed by atoms with Crippen LogP contribution in [0.25, 0.3) is 0 Å². The largest absolute Gasteiger partial charge is 0.385 e. The minimum absolute atomic E-state index is 0.176. The monoisotopic (exact) mass is 246 g/mol. The van der Waals surface area contributed by atoms with Crippen molar-refractivity contribution in [1.29, 1.82) is 0 Å². The van der Waals surface area contributed by atoms with E-state index < -0.39 is 11.6 Å². The second kappa shape index (κ2) is 6.90. The fraction of sp³-hybridized carbons (Fsp3) is 0.909. The van der Waals surface area contributed by atoms with Gasteiger partial charge in [0, 0.05) is 40.4 Å². The third kappa shape index (κ3) is 4.23. The molecule has 1 aliphatic rings. The van der Waals surface area contributed by atoms with E-state index >= 15 is 0 Å². The summed E-state index contributed by atoms with van der Waals surface area (Å²) in [5, 5.41) is 2.80. The molecule has 1 aliphatic heterocycles. The fourth-order valence-corrected chi connectivity index (χ4v) is 1.72. The van der Waals surface area contributed by atoms with E-state index in [0.29, 0.717) is 32.8 Å². The fourth-order valence-electron chi connectivity index (χ4n) is 1.72. The Morgan fingerprint density at radius 3 is 2.88 bits per heavy atom. The molecule has 0 aromatic carbocycles. The van der Waals surface area contributed by atoms with E-state index in [9.17, 15) is 4.79 Å². The van der Waals surface area contributed by atoms with Crippen LogP contribution in [0.3, 0.4) is 0 Å². The molecule has 0 saturated carbocycles. The Labute approximate surface area is 102 Å². The number of carbonyl (C=O) groups excluding carboxylic acids is 1. The maximum atomic E-state index is 11.7.